The van der Waals surface area contributed by atoms with E-state index in [0.717, 1.165) is 15.8 Å². The van der Waals surface area contributed by atoms with E-state index in [1.807, 2.05) is 24.5 Å². The van der Waals surface area contributed by atoms with Crippen molar-refractivity contribution < 1.29 is 9.18 Å². The molecule has 1 aliphatic heterocycles. The topological polar surface area (TPSA) is 67.2 Å². The number of hydrogen-bond acceptors (Lipinski definition) is 6. The lowest BCUT2D eigenvalue weighted by Gasteiger charge is -2.08. The van der Waals surface area contributed by atoms with Crippen LogP contribution in [0.5, 0.6) is 0 Å². The summed E-state index contributed by atoms with van der Waals surface area (Å²) in [7, 11) is 0. The molecular weight excluding hydrogens is 339 g/mol. The predicted molar refractivity (Wildman–Crippen MR) is 97.0 cm³/mol. The van der Waals surface area contributed by atoms with Gasteiger partial charge >= 0.3 is 0 Å². The van der Waals surface area contributed by atoms with Gasteiger partial charge in [-0.25, -0.2) is 14.4 Å². The summed E-state index contributed by atoms with van der Waals surface area (Å²) in [5, 5.41) is 6.03. The van der Waals surface area contributed by atoms with Crippen LogP contribution in [0.2, 0.25) is 0 Å². The molecule has 0 saturated heterocycles. The maximum atomic E-state index is 13.1. The molecule has 0 bridgehead atoms. The van der Waals surface area contributed by atoms with Gasteiger partial charge in [0, 0.05) is 5.56 Å². The fourth-order valence-electron chi connectivity index (χ4n) is 2.58. The van der Waals surface area contributed by atoms with E-state index >= 15 is 0 Å². The second-order valence-corrected chi connectivity index (χ2v) is 6.44. The molecule has 25 heavy (non-hydrogen) atoms. The number of hydrogen-bond donors (Lipinski definition) is 1. The van der Waals surface area contributed by atoms with Crippen LogP contribution in [-0.4, -0.2) is 28.1 Å². The van der Waals surface area contributed by atoms with Gasteiger partial charge in [-0.05, 0) is 48.2 Å². The maximum absolute atomic E-state index is 13.1. The van der Waals surface area contributed by atoms with Gasteiger partial charge in [0.15, 0.2) is 0 Å². The van der Waals surface area contributed by atoms with Crippen LogP contribution in [0.1, 0.15) is 21.7 Å². The van der Waals surface area contributed by atoms with E-state index < -0.39 is 5.82 Å². The molecule has 7 heteroatoms. The number of benzene rings is 1. The van der Waals surface area contributed by atoms with Crippen LogP contribution >= 0.6 is 11.3 Å². The van der Waals surface area contributed by atoms with Crippen LogP contribution in [0.3, 0.4) is 0 Å². The monoisotopic (exact) mass is 352 g/mol. The molecule has 5 nitrogen and oxygen atoms in total. The van der Waals surface area contributed by atoms with Crippen LogP contribution in [-0.2, 0) is 0 Å². The Morgan fingerprint density at radius 2 is 2.04 bits per heavy atom. The number of halogens is 1. The number of aliphatic imine (C=N–C) groups is 1. The summed E-state index contributed by atoms with van der Waals surface area (Å²) in [4.78, 5) is 26.5. The van der Waals surface area contributed by atoms with E-state index in [9.17, 15) is 9.18 Å². The largest absolute Gasteiger partial charge is 0.325 e. The third-order valence-electron chi connectivity index (χ3n) is 3.82. The highest BCUT2D eigenvalue weighted by molar-refractivity contribution is 7.17. The predicted octanol–water partition coefficient (Wildman–Crippen LogP) is 3.75. The average Bonchev–Trinajstić information content (AvgIpc) is 3.25. The second-order valence-electron chi connectivity index (χ2n) is 5.58. The van der Waals surface area contributed by atoms with Crippen LogP contribution in [0.25, 0.3) is 10.2 Å². The molecule has 3 heterocycles. The molecule has 4 rings (SSSR count). The molecule has 0 radical (unpaired) electrons. The standard InChI is InChI=1S/C18H13FN4OS/c1-10-9-25-18-14(10)16(21-13-3-2-8-20-13)22-17(23-18)15(24)11-4-6-12(19)7-5-11/h2-7,9H,8H2,1H3,(H,20,21,22,23). The van der Waals surface area contributed by atoms with E-state index in [4.69, 9.17) is 0 Å². The van der Waals surface area contributed by atoms with Crippen LogP contribution in [0.4, 0.5) is 10.2 Å². The van der Waals surface area contributed by atoms with Gasteiger partial charge in [0.25, 0.3) is 0 Å². The van der Waals surface area contributed by atoms with E-state index in [1.54, 1.807) is 0 Å². The van der Waals surface area contributed by atoms with Crippen LogP contribution in [0.15, 0.2) is 46.8 Å². The van der Waals surface area contributed by atoms with Crippen LogP contribution in [0, 0.1) is 12.7 Å². The number of anilines is 1. The van der Waals surface area contributed by atoms with Gasteiger partial charge in [-0.15, -0.1) is 11.3 Å². The van der Waals surface area contributed by atoms with Crippen molar-refractivity contribution in [1.29, 1.82) is 0 Å². The lowest BCUT2D eigenvalue weighted by atomic mass is 10.1. The number of nitrogens with one attached hydrogen (secondary N) is 1. The van der Waals surface area contributed by atoms with E-state index in [2.05, 4.69) is 20.3 Å². The quantitative estimate of drug-likeness (QED) is 0.729. The summed E-state index contributed by atoms with van der Waals surface area (Å²) < 4.78 is 13.1. The third-order valence-corrected chi connectivity index (χ3v) is 4.81. The second kappa shape index (κ2) is 6.18. The SMILES string of the molecule is Cc1csc2nc(C(=O)c3ccc(F)cc3)nc(NC3=NCC=C3)c12. The van der Waals surface area contributed by atoms with Gasteiger partial charge in [-0.2, -0.15) is 0 Å². The van der Waals surface area contributed by atoms with Crippen molar-refractivity contribution >= 4 is 39.0 Å². The molecule has 0 fully saturated rings. The number of nitrogens with zero attached hydrogens (tertiary/aromatic N) is 3. The highest BCUT2D eigenvalue weighted by Gasteiger charge is 2.19. The normalized spacial score (nSPS) is 13.3. The first-order valence-electron chi connectivity index (χ1n) is 7.66. The van der Waals surface area contributed by atoms with Gasteiger partial charge in [0.2, 0.25) is 11.6 Å². The molecule has 0 spiro atoms. The van der Waals surface area contributed by atoms with Crippen molar-refractivity contribution in [1.82, 2.24) is 9.97 Å². The molecule has 0 atom stereocenters. The minimum absolute atomic E-state index is 0.0750. The number of rotatable bonds is 3. The Morgan fingerprint density at radius 1 is 1.24 bits per heavy atom. The van der Waals surface area contributed by atoms with Gasteiger partial charge in [0.05, 0.1) is 11.9 Å². The first-order valence-corrected chi connectivity index (χ1v) is 8.54. The third kappa shape index (κ3) is 2.94. The van der Waals surface area contributed by atoms with Crippen molar-refractivity contribution in [2.24, 2.45) is 4.99 Å². The van der Waals surface area contributed by atoms with E-state index in [0.29, 0.717) is 23.8 Å². The zero-order valence-corrected chi connectivity index (χ0v) is 14.1. The number of ketones is 1. The number of aryl methyl sites for hydroxylation is 1. The van der Waals surface area contributed by atoms with Crippen molar-refractivity contribution in [3.63, 3.8) is 0 Å². The zero-order chi connectivity index (χ0) is 17.4. The highest BCUT2D eigenvalue weighted by Crippen LogP contribution is 2.30. The molecule has 1 aliphatic rings. The molecule has 0 saturated carbocycles. The number of thiophene rings is 1. The van der Waals surface area contributed by atoms with Gasteiger partial charge in [-0.1, -0.05) is 6.08 Å². The maximum Gasteiger partial charge on any atom is 0.230 e. The van der Waals surface area contributed by atoms with E-state index in [-0.39, 0.29) is 11.6 Å². The fraction of sp³-hybridized carbons (Fsp3) is 0.111. The number of carbonyl (C=O) groups excluding carboxylic acids is 1. The molecule has 2 aromatic heterocycles. The Hall–Kier alpha value is -2.93. The highest BCUT2D eigenvalue weighted by atomic mass is 32.1. The molecule has 3 aromatic rings. The smallest absolute Gasteiger partial charge is 0.230 e. The Balaban J connectivity index is 1.80. The zero-order valence-electron chi connectivity index (χ0n) is 13.3. The van der Waals surface area contributed by atoms with Gasteiger partial charge in [0.1, 0.15) is 22.3 Å². The van der Waals surface area contributed by atoms with Crippen molar-refractivity contribution in [2.75, 3.05) is 11.9 Å². The Morgan fingerprint density at radius 3 is 2.76 bits per heavy atom. The molecule has 1 aromatic carbocycles. The fourth-order valence-corrected chi connectivity index (χ4v) is 3.50. The first kappa shape index (κ1) is 15.6. The Bertz CT molecular complexity index is 1040. The van der Waals surface area contributed by atoms with Gasteiger partial charge in [-0.3, -0.25) is 9.79 Å². The first-order chi connectivity index (χ1) is 12.1. The summed E-state index contributed by atoms with van der Waals surface area (Å²) in [5.74, 6) is 0.589. The molecule has 0 amide bonds. The van der Waals surface area contributed by atoms with Gasteiger partial charge < -0.3 is 5.32 Å². The summed E-state index contributed by atoms with van der Waals surface area (Å²) in [6.45, 7) is 2.60. The summed E-state index contributed by atoms with van der Waals surface area (Å²) in [5.41, 5.74) is 1.38. The summed E-state index contributed by atoms with van der Waals surface area (Å²) in [6.07, 6.45) is 3.81. The number of aromatic nitrogens is 2. The lowest BCUT2D eigenvalue weighted by Crippen LogP contribution is -2.13. The van der Waals surface area contributed by atoms with Crippen molar-refractivity contribution in [2.45, 2.75) is 6.92 Å². The summed E-state index contributed by atoms with van der Waals surface area (Å²) >= 11 is 1.45. The van der Waals surface area contributed by atoms with Crippen molar-refractivity contribution in [3.8, 4) is 0 Å². The molecular formula is C18H13FN4OS. The average molecular weight is 352 g/mol. The number of amidine groups is 1. The Kier molecular flexibility index (Phi) is 3.85. The molecule has 0 unspecified atom stereocenters. The lowest BCUT2D eigenvalue weighted by molar-refractivity contribution is 0.103. The molecule has 0 aliphatic carbocycles. The molecule has 124 valence electrons. The molecule has 1 N–H and O–H groups in total. The van der Waals surface area contributed by atoms with E-state index in [1.165, 1.54) is 35.6 Å². The minimum Gasteiger partial charge on any atom is -0.325 e. The number of fused-ring (bicyclic) bond motifs is 1. The van der Waals surface area contributed by atoms with Crippen molar-refractivity contribution in [3.05, 3.63) is 64.6 Å². The Labute approximate surface area is 147 Å². The summed E-state index contributed by atoms with van der Waals surface area (Å²) in [6, 6.07) is 5.36. The number of carbonyl (C=O) groups is 1. The van der Waals surface area contributed by atoms with Crippen LogP contribution < -0.4 is 5.32 Å². The minimum atomic E-state index is -0.393.